The van der Waals surface area contributed by atoms with Crippen molar-refractivity contribution >= 4 is 0 Å². The van der Waals surface area contributed by atoms with Crippen LogP contribution in [0.15, 0.2) is 15.8 Å². The van der Waals surface area contributed by atoms with Crippen LogP contribution in [0.4, 0.5) is 0 Å². The van der Waals surface area contributed by atoms with E-state index in [0.29, 0.717) is 31.8 Å². The Labute approximate surface area is 169 Å². The van der Waals surface area contributed by atoms with Crippen LogP contribution in [0.3, 0.4) is 0 Å². The number of ether oxygens (including phenoxy) is 5. The number of aromatic nitrogens is 2. The third-order valence-electron chi connectivity index (χ3n) is 5.69. The first-order valence-electron chi connectivity index (χ1n) is 10.6. The van der Waals surface area contributed by atoms with Gasteiger partial charge in [-0.05, 0) is 45.4 Å². The molecule has 9 nitrogen and oxygen atoms in total. The Morgan fingerprint density at radius 3 is 2.52 bits per heavy atom. The Morgan fingerprint density at radius 2 is 1.83 bits per heavy atom. The minimum Gasteiger partial charge on any atom is -0.353 e. The van der Waals surface area contributed by atoms with Crippen LogP contribution in [-0.2, 0) is 23.7 Å². The Morgan fingerprint density at radius 1 is 1.10 bits per heavy atom. The van der Waals surface area contributed by atoms with Crippen molar-refractivity contribution in [3.05, 3.63) is 32.6 Å². The highest BCUT2D eigenvalue weighted by Gasteiger charge is 2.40. The summed E-state index contributed by atoms with van der Waals surface area (Å²) in [6.07, 6.45) is 6.33. The summed E-state index contributed by atoms with van der Waals surface area (Å²) < 4.78 is 31.1. The zero-order valence-corrected chi connectivity index (χ0v) is 16.8. The molecule has 0 amide bonds. The first kappa shape index (κ1) is 20.7. The highest BCUT2D eigenvalue weighted by molar-refractivity contribution is 5.02. The highest BCUT2D eigenvalue weighted by Crippen LogP contribution is 2.32. The molecular formula is C20H30N2O7. The van der Waals surface area contributed by atoms with Gasteiger partial charge in [0.2, 0.25) is 0 Å². The zero-order valence-electron chi connectivity index (χ0n) is 16.8. The Bertz CT molecular complexity index is 780. The van der Waals surface area contributed by atoms with Crippen LogP contribution < -0.4 is 11.2 Å². The maximum atomic E-state index is 12.3. The lowest BCUT2D eigenvalue weighted by atomic mass is 10.1. The third kappa shape index (κ3) is 5.16. The van der Waals surface area contributed by atoms with Crippen LogP contribution in [-0.4, -0.2) is 54.2 Å². The molecule has 3 aliphatic rings. The van der Waals surface area contributed by atoms with E-state index in [1.165, 1.54) is 10.8 Å². The van der Waals surface area contributed by atoms with Crippen LogP contribution >= 0.6 is 0 Å². The SMILES string of the molecule is Cc1cn([C@H]2C[C@H](OC3CCCCO3)[C@@H](COC3CCCCO3)O2)c(=O)[nH]c1=O. The molecule has 4 heterocycles. The summed E-state index contributed by atoms with van der Waals surface area (Å²) in [6, 6.07) is 0. The summed E-state index contributed by atoms with van der Waals surface area (Å²) in [6.45, 7) is 3.38. The molecule has 4 rings (SSSR count). The topological polar surface area (TPSA) is 101 Å². The van der Waals surface area contributed by atoms with Gasteiger partial charge >= 0.3 is 5.69 Å². The number of rotatable bonds is 6. The number of nitrogens with zero attached hydrogens (tertiary/aromatic N) is 1. The maximum absolute atomic E-state index is 12.3. The summed E-state index contributed by atoms with van der Waals surface area (Å²) >= 11 is 0. The van der Waals surface area contributed by atoms with E-state index in [2.05, 4.69) is 4.98 Å². The minimum atomic E-state index is -0.535. The lowest BCUT2D eigenvalue weighted by Gasteiger charge is -2.29. The standard InChI is InChI=1S/C20H30N2O7/c1-13-11-22(20(24)21-19(13)23)16-10-14(29-18-7-3-5-9-26-18)15(28-16)12-27-17-6-2-4-8-25-17/h11,14-18H,2-10,12H2,1H3,(H,21,23,24)/t14-,15+,16+,17?,18?/m0/s1. The molecule has 1 aromatic heterocycles. The van der Waals surface area contributed by atoms with Crippen molar-refractivity contribution in [2.24, 2.45) is 0 Å². The van der Waals surface area contributed by atoms with E-state index in [9.17, 15) is 9.59 Å². The summed E-state index contributed by atoms with van der Waals surface area (Å²) in [7, 11) is 0. The summed E-state index contributed by atoms with van der Waals surface area (Å²) in [5.74, 6) is 0. The molecule has 0 aromatic carbocycles. The molecule has 0 saturated carbocycles. The second-order valence-corrected chi connectivity index (χ2v) is 7.94. The second kappa shape index (κ2) is 9.53. The molecule has 1 N–H and O–H groups in total. The van der Waals surface area contributed by atoms with Gasteiger partial charge in [-0.25, -0.2) is 4.79 Å². The number of nitrogens with one attached hydrogen (secondary N) is 1. The molecule has 9 heteroatoms. The van der Waals surface area contributed by atoms with Crippen LogP contribution in [0.2, 0.25) is 0 Å². The minimum absolute atomic E-state index is 0.226. The molecule has 1 aromatic rings. The molecule has 162 valence electrons. The molecular weight excluding hydrogens is 380 g/mol. The van der Waals surface area contributed by atoms with Crippen molar-refractivity contribution in [1.29, 1.82) is 0 Å². The lowest BCUT2D eigenvalue weighted by molar-refractivity contribution is -0.216. The second-order valence-electron chi connectivity index (χ2n) is 7.94. The molecule has 2 unspecified atom stereocenters. The molecule has 3 fully saturated rings. The number of hydrogen-bond acceptors (Lipinski definition) is 7. The average Bonchev–Trinajstić information content (AvgIpc) is 3.13. The van der Waals surface area contributed by atoms with E-state index in [4.69, 9.17) is 23.7 Å². The van der Waals surface area contributed by atoms with Gasteiger partial charge < -0.3 is 23.7 Å². The lowest BCUT2D eigenvalue weighted by Crippen LogP contribution is -2.36. The van der Waals surface area contributed by atoms with Gasteiger partial charge in [-0.15, -0.1) is 0 Å². The number of aryl methyl sites for hydroxylation is 1. The molecule has 0 aliphatic carbocycles. The summed E-state index contributed by atoms with van der Waals surface area (Å²) in [4.78, 5) is 26.3. The molecule has 29 heavy (non-hydrogen) atoms. The van der Waals surface area contributed by atoms with Crippen molar-refractivity contribution < 1.29 is 23.7 Å². The van der Waals surface area contributed by atoms with Crippen LogP contribution in [0.1, 0.15) is 56.7 Å². The van der Waals surface area contributed by atoms with Gasteiger partial charge in [0.25, 0.3) is 5.56 Å². The van der Waals surface area contributed by atoms with Crippen LogP contribution in [0, 0.1) is 6.92 Å². The predicted molar refractivity (Wildman–Crippen MR) is 103 cm³/mol. The summed E-state index contributed by atoms with van der Waals surface area (Å²) in [5.41, 5.74) is -0.422. The summed E-state index contributed by atoms with van der Waals surface area (Å²) in [5, 5.41) is 0. The maximum Gasteiger partial charge on any atom is 0.330 e. The molecule has 5 atom stereocenters. The zero-order chi connectivity index (χ0) is 20.2. The average molecular weight is 410 g/mol. The van der Waals surface area contributed by atoms with Gasteiger partial charge in [0.1, 0.15) is 12.3 Å². The molecule has 3 saturated heterocycles. The van der Waals surface area contributed by atoms with Gasteiger partial charge in [0.15, 0.2) is 12.6 Å². The van der Waals surface area contributed by atoms with Crippen molar-refractivity contribution in [2.75, 3.05) is 19.8 Å². The van der Waals surface area contributed by atoms with Gasteiger partial charge in [-0.2, -0.15) is 0 Å². The highest BCUT2D eigenvalue weighted by atomic mass is 16.7. The normalized spacial score (nSPS) is 33.1. The van der Waals surface area contributed by atoms with E-state index in [1.807, 2.05) is 0 Å². The van der Waals surface area contributed by atoms with Gasteiger partial charge in [0, 0.05) is 31.4 Å². The van der Waals surface area contributed by atoms with Crippen molar-refractivity contribution in [2.45, 2.75) is 82.9 Å². The fourth-order valence-corrected chi connectivity index (χ4v) is 4.02. The Balaban J connectivity index is 1.46. The first-order valence-corrected chi connectivity index (χ1v) is 10.6. The quantitative estimate of drug-likeness (QED) is 0.760. The van der Waals surface area contributed by atoms with Gasteiger partial charge in [-0.3, -0.25) is 14.3 Å². The van der Waals surface area contributed by atoms with E-state index in [-0.39, 0.29) is 30.3 Å². The first-order chi connectivity index (χ1) is 14.1. The van der Waals surface area contributed by atoms with E-state index >= 15 is 0 Å². The van der Waals surface area contributed by atoms with Crippen molar-refractivity contribution in [3.8, 4) is 0 Å². The molecule has 0 bridgehead atoms. The number of H-pyrrole nitrogens is 1. The van der Waals surface area contributed by atoms with Crippen LogP contribution in [0.5, 0.6) is 0 Å². The predicted octanol–water partition coefficient (Wildman–Crippen LogP) is 1.59. The fourth-order valence-electron chi connectivity index (χ4n) is 4.02. The van der Waals surface area contributed by atoms with E-state index < -0.39 is 11.9 Å². The smallest absolute Gasteiger partial charge is 0.330 e. The van der Waals surface area contributed by atoms with Gasteiger partial charge in [-0.1, -0.05) is 0 Å². The monoisotopic (exact) mass is 410 g/mol. The Kier molecular flexibility index (Phi) is 6.81. The molecule has 3 aliphatic heterocycles. The van der Waals surface area contributed by atoms with Crippen LogP contribution in [0.25, 0.3) is 0 Å². The number of aromatic amines is 1. The fraction of sp³-hybridized carbons (Fsp3) is 0.800. The largest absolute Gasteiger partial charge is 0.353 e. The van der Waals surface area contributed by atoms with Crippen molar-refractivity contribution in [1.82, 2.24) is 9.55 Å². The molecule has 0 spiro atoms. The molecule has 0 radical (unpaired) electrons. The van der Waals surface area contributed by atoms with Crippen molar-refractivity contribution in [3.63, 3.8) is 0 Å². The number of hydrogen-bond donors (Lipinski definition) is 1. The third-order valence-corrected chi connectivity index (χ3v) is 5.69. The Hall–Kier alpha value is -1.52. The van der Waals surface area contributed by atoms with Gasteiger partial charge in [0.05, 0.1) is 12.7 Å². The van der Waals surface area contributed by atoms with E-state index in [1.54, 1.807) is 6.92 Å². The van der Waals surface area contributed by atoms with E-state index in [0.717, 1.165) is 38.5 Å².